The third-order valence-electron chi connectivity index (χ3n) is 4.89. The summed E-state index contributed by atoms with van der Waals surface area (Å²) in [4.78, 5) is 12.5. The topological polar surface area (TPSA) is 96.7 Å². The molecule has 0 aliphatic carbocycles. The lowest BCUT2D eigenvalue weighted by atomic mass is 10.1. The van der Waals surface area contributed by atoms with Gasteiger partial charge in [0.25, 0.3) is 5.91 Å². The maximum Gasteiger partial charge on any atom is 0.251 e. The van der Waals surface area contributed by atoms with Gasteiger partial charge >= 0.3 is 0 Å². The molecular formula is C18H22N4O5. The molecule has 144 valence electrons. The van der Waals surface area contributed by atoms with Gasteiger partial charge in [0.15, 0.2) is 0 Å². The van der Waals surface area contributed by atoms with E-state index in [-0.39, 0.29) is 30.2 Å². The molecule has 0 radical (unpaired) electrons. The Hall–Kier alpha value is -2.49. The minimum absolute atomic E-state index is 0.0732. The molecule has 4 atom stereocenters. The van der Waals surface area contributed by atoms with Crippen LogP contribution >= 0.6 is 0 Å². The zero-order chi connectivity index (χ0) is 18.8. The number of ether oxygens (including phenoxy) is 4. The number of methoxy groups -OCH3 is 2. The van der Waals surface area contributed by atoms with Gasteiger partial charge in [0.2, 0.25) is 0 Å². The monoisotopic (exact) mass is 374 g/mol. The largest absolute Gasteiger partial charge is 0.497 e. The lowest BCUT2D eigenvalue weighted by molar-refractivity contribution is 0.0613. The Bertz CT molecular complexity index is 793. The summed E-state index contributed by atoms with van der Waals surface area (Å²) < 4.78 is 23.8. The predicted octanol–water partition coefficient (Wildman–Crippen LogP) is 0.570. The minimum Gasteiger partial charge on any atom is -0.497 e. The Balaban J connectivity index is 1.40. The highest BCUT2D eigenvalue weighted by molar-refractivity contribution is 5.94. The Morgan fingerprint density at radius 3 is 2.74 bits per heavy atom. The van der Waals surface area contributed by atoms with E-state index in [1.807, 2.05) is 6.20 Å². The average Bonchev–Trinajstić information content (AvgIpc) is 3.40. The summed E-state index contributed by atoms with van der Waals surface area (Å²) in [5.74, 6) is 0.542. The van der Waals surface area contributed by atoms with Gasteiger partial charge in [0.1, 0.15) is 29.7 Å². The molecule has 0 spiro atoms. The van der Waals surface area contributed by atoms with Crippen LogP contribution in [0.25, 0.3) is 0 Å². The number of nitrogens with zero attached hydrogens (tertiary/aromatic N) is 3. The lowest BCUT2D eigenvalue weighted by Crippen LogP contribution is -2.44. The van der Waals surface area contributed by atoms with E-state index in [1.165, 1.54) is 0 Å². The number of fused-ring (bicyclic) bond motifs is 1. The third kappa shape index (κ3) is 3.53. The van der Waals surface area contributed by atoms with Crippen molar-refractivity contribution in [3.63, 3.8) is 0 Å². The second-order valence-electron chi connectivity index (χ2n) is 6.59. The van der Waals surface area contributed by atoms with E-state index in [1.54, 1.807) is 43.2 Å². The molecule has 0 saturated carbocycles. The number of benzene rings is 1. The molecule has 4 rings (SSSR count). The zero-order valence-electron chi connectivity index (χ0n) is 15.2. The summed E-state index contributed by atoms with van der Waals surface area (Å²) in [6.45, 7) is 1.26. The van der Waals surface area contributed by atoms with Gasteiger partial charge in [-0.15, -0.1) is 5.10 Å². The molecule has 9 heteroatoms. The summed E-state index contributed by atoms with van der Waals surface area (Å²) in [5.41, 5.74) is 1.32. The Morgan fingerprint density at radius 2 is 2.00 bits per heavy atom. The molecule has 27 heavy (non-hydrogen) atoms. The van der Waals surface area contributed by atoms with Gasteiger partial charge < -0.3 is 24.3 Å². The van der Waals surface area contributed by atoms with Crippen molar-refractivity contribution in [3.8, 4) is 5.75 Å². The van der Waals surface area contributed by atoms with Crippen LogP contribution in [0.4, 0.5) is 0 Å². The number of nitrogens with one attached hydrogen (secondary N) is 1. The van der Waals surface area contributed by atoms with Gasteiger partial charge in [-0.3, -0.25) is 4.79 Å². The van der Waals surface area contributed by atoms with Crippen LogP contribution in [0.15, 0.2) is 30.5 Å². The fourth-order valence-electron chi connectivity index (χ4n) is 3.51. The molecule has 2 aliphatic heterocycles. The van der Waals surface area contributed by atoms with Crippen LogP contribution in [0.2, 0.25) is 0 Å². The SMILES string of the molecule is COCc1cn([C@H]2CO[C@H]3[C@@H]2OC[C@@H]3NC(=O)c2ccc(OC)cc2)nn1. The molecule has 1 amide bonds. The molecule has 1 aromatic carbocycles. The van der Waals surface area contributed by atoms with Crippen molar-refractivity contribution >= 4 is 5.91 Å². The van der Waals surface area contributed by atoms with E-state index in [0.717, 1.165) is 5.69 Å². The standard InChI is InChI=1S/C18H22N4O5/c1-24-8-12-7-22(21-20-12)15-10-27-16-14(9-26-17(15)16)19-18(23)11-3-5-13(25-2)6-4-11/h3-7,14-17H,8-10H2,1-2H3,(H,19,23)/t14-,15-,16+,17+/m0/s1. The number of hydrogen-bond donors (Lipinski definition) is 1. The normalized spacial score (nSPS) is 26.7. The van der Waals surface area contributed by atoms with Crippen molar-refractivity contribution in [2.24, 2.45) is 0 Å². The lowest BCUT2D eigenvalue weighted by Gasteiger charge is -2.18. The molecule has 1 N–H and O–H groups in total. The first-order chi connectivity index (χ1) is 13.2. The van der Waals surface area contributed by atoms with Crippen molar-refractivity contribution in [2.75, 3.05) is 27.4 Å². The van der Waals surface area contributed by atoms with Gasteiger partial charge in [-0.1, -0.05) is 5.21 Å². The molecule has 2 saturated heterocycles. The first-order valence-corrected chi connectivity index (χ1v) is 8.77. The first kappa shape index (κ1) is 17.9. The molecule has 9 nitrogen and oxygen atoms in total. The number of hydrogen-bond acceptors (Lipinski definition) is 7. The fraction of sp³-hybridized carbons (Fsp3) is 0.500. The van der Waals surface area contributed by atoms with Crippen molar-refractivity contribution in [1.29, 1.82) is 0 Å². The number of aromatic nitrogens is 3. The summed E-state index contributed by atoms with van der Waals surface area (Å²) in [5, 5.41) is 11.2. The summed E-state index contributed by atoms with van der Waals surface area (Å²) in [6, 6.07) is 6.69. The van der Waals surface area contributed by atoms with E-state index in [4.69, 9.17) is 18.9 Å². The van der Waals surface area contributed by atoms with Crippen molar-refractivity contribution in [3.05, 3.63) is 41.7 Å². The highest BCUT2D eigenvalue weighted by Crippen LogP contribution is 2.34. The molecular weight excluding hydrogens is 352 g/mol. The molecule has 2 aliphatic rings. The Kier molecular flexibility index (Phi) is 5.06. The average molecular weight is 374 g/mol. The highest BCUT2D eigenvalue weighted by Gasteiger charge is 2.49. The summed E-state index contributed by atoms with van der Waals surface area (Å²) in [6.07, 6.45) is 1.45. The van der Waals surface area contributed by atoms with Crippen molar-refractivity contribution in [1.82, 2.24) is 20.3 Å². The molecule has 3 heterocycles. The smallest absolute Gasteiger partial charge is 0.251 e. The number of carbonyl (C=O) groups is 1. The molecule has 0 bridgehead atoms. The van der Waals surface area contributed by atoms with Crippen LogP contribution in [-0.4, -0.2) is 66.6 Å². The minimum atomic E-state index is -0.215. The molecule has 2 aromatic rings. The Morgan fingerprint density at radius 1 is 1.22 bits per heavy atom. The maximum absolute atomic E-state index is 12.5. The quantitative estimate of drug-likeness (QED) is 0.790. The van der Waals surface area contributed by atoms with Gasteiger partial charge in [0.05, 0.1) is 39.2 Å². The molecule has 1 aromatic heterocycles. The Labute approximate surface area is 156 Å². The summed E-state index contributed by atoms with van der Waals surface area (Å²) in [7, 11) is 3.20. The van der Waals surface area contributed by atoms with Crippen LogP contribution in [-0.2, 0) is 20.8 Å². The van der Waals surface area contributed by atoms with E-state index in [0.29, 0.717) is 31.1 Å². The highest BCUT2D eigenvalue weighted by atomic mass is 16.6. The maximum atomic E-state index is 12.5. The second-order valence-corrected chi connectivity index (χ2v) is 6.59. The summed E-state index contributed by atoms with van der Waals surface area (Å²) >= 11 is 0. The van der Waals surface area contributed by atoms with Crippen LogP contribution < -0.4 is 10.1 Å². The van der Waals surface area contributed by atoms with Crippen LogP contribution in [0.3, 0.4) is 0 Å². The third-order valence-corrected chi connectivity index (χ3v) is 4.89. The van der Waals surface area contributed by atoms with E-state index in [2.05, 4.69) is 15.6 Å². The van der Waals surface area contributed by atoms with Gasteiger partial charge in [-0.05, 0) is 24.3 Å². The van der Waals surface area contributed by atoms with E-state index < -0.39 is 0 Å². The van der Waals surface area contributed by atoms with Gasteiger partial charge in [-0.2, -0.15) is 0 Å². The predicted molar refractivity (Wildman–Crippen MR) is 93.5 cm³/mol. The fourth-order valence-corrected chi connectivity index (χ4v) is 3.51. The molecule has 0 unspecified atom stereocenters. The van der Waals surface area contributed by atoms with Crippen molar-refractivity contribution < 1.29 is 23.7 Å². The molecule has 2 fully saturated rings. The van der Waals surface area contributed by atoms with E-state index >= 15 is 0 Å². The van der Waals surface area contributed by atoms with Crippen LogP contribution in [0, 0.1) is 0 Å². The van der Waals surface area contributed by atoms with Gasteiger partial charge in [0, 0.05) is 12.7 Å². The van der Waals surface area contributed by atoms with Gasteiger partial charge in [-0.25, -0.2) is 4.68 Å². The van der Waals surface area contributed by atoms with E-state index in [9.17, 15) is 4.79 Å². The number of rotatable bonds is 6. The second kappa shape index (κ2) is 7.63. The number of amides is 1. The number of carbonyl (C=O) groups excluding carboxylic acids is 1. The van der Waals surface area contributed by atoms with Crippen molar-refractivity contribution in [2.45, 2.75) is 30.9 Å². The first-order valence-electron chi connectivity index (χ1n) is 8.77. The zero-order valence-corrected chi connectivity index (χ0v) is 15.2. The van der Waals surface area contributed by atoms with Crippen LogP contribution in [0.5, 0.6) is 5.75 Å². The van der Waals surface area contributed by atoms with Crippen LogP contribution in [0.1, 0.15) is 22.1 Å².